The van der Waals surface area contributed by atoms with Crippen LogP contribution in [0.15, 0.2) is 60.7 Å². The molecule has 1 N–H and O–H groups in total. The number of halogens is 2. The van der Waals surface area contributed by atoms with Crippen LogP contribution in [0.4, 0.5) is 0 Å². The van der Waals surface area contributed by atoms with Crippen molar-refractivity contribution in [2.45, 2.75) is 26.3 Å². The highest BCUT2D eigenvalue weighted by molar-refractivity contribution is 6.37. The summed E-state index contributed by atoms with van der Waals surface area (Å²) >= 11 is 12.2. The van der Waals surface area contributed by atoms with Crippen LogP contribution < -0.4 is 5.43 Å². The third-order valence-corrected chi connectivity index (χ3v) is 4.58. The molecule has 0 spiro atoms. The average molecular weight is 415 g/mol. The summed E-state index contributed by atoms with van der Waals surface area (Å²) in [6.45, 7) is 5.60. The largest absolute Gasteiger partial charge is 0.276 e. The molecule has 0 radical (unpaired) electrons. The van der Waals surface area contributed by atoms with Gasteiger partial charge in [0.1, 0.15) is 0 Å². The molecule has 0 unspecified atom stereocenters. The lowest BCUT2D eigenvalue weighted by molar-refractivity contribution is 0.0453. The quantitative estimate of drug-likeness (QED) is 0.439. The second-order valence-corrected chi connectivity index (χ2v) is 8.30. The predicted octanol–water partition coefficient (Wildman–Crippen LogP) is 5.73. The third kappa shape index (κ3) is 4.36. The fourth-order valence-corrected chi connectivity index (χ4v) is 3.33. The Morgan fingerprint density at radius 2 is 1.50 bits per heavy atom. The van der Waals surface area contributed by atoms with Gasteiger partial charge in [0.15, 0.2) is 0 Å². The van der Waals surface area contributed by atoms with Crippen LogP contribution in [0.25, 0.3) is 10.8 Å². The number of rotatable bonds is 3. The van der Waals surface area contributed by atoms with E-state index in [9.17, 15) is 9.59 Å². The van der Waals surface area contributed by atoms with Gasteiger partial charge in [0.2, 0.25) is 0 Å². The Kier molecular flexibility index (Phi) is 5.75. The van der Waals surface area contributed by atoms with Gasteiger partial charge in [0, 0.05) is 16.1 Å². The zero-order valence-electron chi connectivity index (χ0n) is 15.8. The van der Waals surface area contributed by atoms with Crippen LogP contribution in [0, 0.1) is 0 Å². The molecular weight excluding hydrogens is 395 g/mol. The van der Waals surface area contributed by atoms with E-state index in [-0.39, 0.29) is 10.6 Å². The van der Waals surface area contributed by atoms with Gasteiger partial charge in [0.05, 0.1) is 10.6 Å². The Hall–Kier alpha value is -2.40. The topological polar surface area (TPSA) is 49.4 Å². The Morgan fingerprint density at radius 3 is 2.18 bits per heavy atom. The molecule has 0 atom stereocenters. The molecular formula is C22H20Cl2N2O2. The number of hydrazine groups is 1. The first-order valence-electron chi connectivity index (χ1n) is 8.77. The predicted molar refractivity (Wildman–Crippen MR) is 114 cm³/mol. The molecule has 144 valence electrons. The summed E-state index contributed by atoms with van der Waals surface area (Å²) < 4.78 is 0. The zero-order valence-corrected chi connectivity index (χ0v) is 17.3. The Balaban J connectivity index is 2.09. The third-order valence-electron chi connectivity index (χ3n) is 4.03. The van der Waals surface area contributed by atoms with Crippen molar-refractivity contribution in [3.05, 3.63) is 81.8 Å². The highest BCUT2D eigenvalue weighted by Crippen LogP contribution is 2.25. The van der Waals surface area contributed by atoms with E-state index in [4.69, 9.17) is 23.2 Å². The maximum Gasteiger partial charge on any atom is 0.276 e. The van der Waals surface area contributed by atoms with Crippen molar-refractivity contribution in [1.82, 2.24) is 10.4 Å². The highest BCUT2D eigenvalue weighted by atomic mass is 35.5. The summed E-state index contributed by atoms with van der Waals surface area (Å²) in [5, 5.41) is 3.31. The summed E-state index contributed by atoms with van der Waals surface area (Å²) in [5.74, 6) is -1.00. The molecule has 0 fully saturated rings. The molecule has 3 aromatic carbocycles. The van der Waals surface area contributed by atoms with Crippen molar-refractivity contribution >= 4 is 45.8 Å². The normalized spacial score (nSPS) is 11.5. The van der Waals surface area contributed by atoms with Gasteiger partial charge < -0.3 is 0 Å². The van der Waals surface area contributed by atoms with Crippen LogP contribution in [0.1, 0.15) is 41.5 Å². The fourth-order valence-electron chi connectivity index (χ4n) is 2.84. The van der Waals surface area contributed by atoms with Gasteiger partial charge in [0.25, 0.3) is 11.8 Å². The fraction of sp³-hybridized carbons (Fsp3) is 0.182. The maximum absolute atomic E-state index is 13.4. The lowest BCUT2D eigenvalue weighted by Crippen LogP contribution is -2.54. The number of nitrogens with zero attached hydrogens (tertiary/aromatic N) is 1. The van der Waals surface area contributed by atoms with Crippen LogP contribution in [0.5, 0.6) is 0 Å². The summed E-state index contributed by atoms with van der Waals surface area (Å²) in [7, 11) is 0. The van der Waals surface area contributed by atoms with Gasteiger partial charge in [-0.25, -0.2) is 10.4 Å². The first-order valence-corrected chi connectivity index (χ1v) is 9.52. The molecule has 4 nitrogen and oxygen atoms in total. The number of benzene rings is 3. The molecule has 0 aliphatic heterocycles. The van der Waals surface area contributed by atoms with Gasteiger partial charge >= 0.3 is 0 Å². The number of fused-ring (bicyclic) bond motifs is 1. The molecule has 28 heavy (non-hydrogen) atoms. The lowest BCUT2D eigenvalue weighted by Gasteiger charge is -2.30. The van der Waals surface area contributed by atoms with Crippen LogP contribution in [0.3, 0.4) is 0 Å². The smallest absolute Gasteiger partial charge is 0.267 e. The summed E-state index contributed by atoms with van der Waals surface area (Å²) in [4.78, 5) is 26.6. The van der Waals surface area contributed by atoms with Gasteiger partial charge in [-0.2, -0.15) is 0 Å². The molecule has 3 aromatic rings. The van der Waals surface area contributed by atoms with Crippen molar-refractivity contribution in [3.63, 3.8) is 0 Å². The molecule has 0 aliphatic carbocycles. The summed E-state index contributed by atoms with van der Waals surface area (Å²) in [6.07, 6.45) is 0. The highest BCUT2D eigenvalue weighted by Gasteiger charge is 2.30. The Labute approximate surface area is 174 Å². The van der Waals surface area contributed by atoms with E-state index < -0.39 is 17.4 Å². The first-order chi connectivity index (χ1) is 13.2. The van der Waals surface area contributed by atoms with E-state index in [1.54, 1.807) is 18.2 Å². The zero-order chi connectivity index (χ0) is 20.5. The van der Waals surface area contributed by atoms with E-state index in [1.165, 1.54) is 12.1 Å². The van der Waals surface area contributed by atoms with Crippen molar-refractivity contribution in [2.75, 3.05) is 0 Å². The number of imide groups is 1. The molecule has 0 saturated carbocycles. The monoisotopic (exact) mass is 414 g/mol. The van der Waals surface area contributed by atoms with E-state index in [2.05, 4.69) is 5.43 Å². The maximum atomic E-state index is 13.4. The molecule has 2 amide bonds. The standard InChI is InChI=1S/C22H20Cl2N2O2/c1-22(2,3)25-26(21(28)18-12-11-15(23)13-19(18)24)20(27)17-10-6-8-14-7-4-5-9-16(14)17/h4-13,25H,1-3H3. The minimum atomic E-state index is -0.547. The van der Waals surface area contributed by atoms with Gasteiger partial charge in [-0.3, -0.25) is 9.59 Å². The molecule has 3 rings (SSSR count). The molecule has 0 aromatic heterocycles. The number of amides is 2. The first kappa shape index (κ1) is 20.3. The second kappa shape index (κ2) is 7.92. The van der Waals surface area contributed by atoms with Gasteiger partial charge in [-0.05, 0) is 55.8 Å². The molecule has 0 bridgehead atoms. The summed E-state index contributed by atoms with van der Waals surface area (Å²) in [5.41, 5.74) is 3.08. The number of nitrogens with one attached hydrogen (secondary N) is 1. The van der Waals surface area contributed by atoms with Crippen molar-refractivity contribution in [1.29, 1.82) is 0 Å². The van der Waals surface area contributed by atoms with Gasteiger partial charge in [-0.1, -0.05) is 59.6 Å². The van der Waals surface area contributed by atoms with E-state index in [1.807, 2.05) is 51.1 Å². The van der Waals surface area contributed by atoms with Crippen molar-refractivity contribution in [3.8, 4) is 0 Å². The summed E-state index contributed by atoms with van der Waals surface area (Å²) in [6, 6.07) is 17.5. The lowest BCUT2D eigenvalue weighted by atomic mass is 10.0. The number of carbonyl (C=O) groups excluding carboxylic acids is 2. The number of hydrogen-bond acceptors (Lipinski definition) is 3. The average Bonchev–Trinajstić information content (AvgIpc) is 2.64. The number of hydrogen-bond donors (Lipinski definition) is 1. The van der Waals surface area contributed by atoms with E-state index >= 15 is 0 Å². The van der Waals surface area contributed by atoms with Crippen LogP contribution in [-0.2, 0) is 0 Å². The van der Waals surface area contributed by atoms with Crippen LogP contribution in [0.2, 0.25) is 10.0 Å². The SMILES string of the molecule is CC(C)(C)NN(C(=O)c1ccc(Cl)cc1Cl)C(=O)c1cccc2ccccc12. The minimum absolute atomic E-state index is 0.184. The second-order valence-electron chi connectivity index (χ2n) is 7.46. The van der Waals surface area contributed by atoms with Crippen molar-refractivity contribution < 1.29 is 9.59 Å². The van der Waals surface area contributed by atoms with Gasteiger partial charge in [-0.15, -0.1) is 0 Å². The van der Waals surface area contributed by atoms with Crippen molar-refractivity contribution in [2.24, 2.45) is 0 Å². The Bertz CT molecular complexity index is 1050. The molecule has 0 aliphatic rings. The molecule has 6 heteroatoms. The van der Waals surface area contributed by atoms with E-state index in [0.717, 1.165) is 15.8 Å². The minimum Gasteiger partial charge on any atom is -0.267 e. The molecule has 0 heterocycles. The molecule has 0 saturated heterocycles. The van der Waals surface area contributed by atoms with Crippen LogP contribution in [-0.4, -0.2) is 22.4 Å². The Morgan fingerprint density at radius 1 is 0.857 bits per heavy atom. The van der Waals surface area contributed by atoms with E-state index in [0.29, 0.717) is 10.6 Å². The number of carbonyl (C=O) groups is 2. The van der Waals surface area contributed by atoms with Crippen LogP contribution >= 0.6 is 23.2 Å².